The molecule has 0 aliphatic carbocycles. The summed E-state index contributed by atoms with van der Waals surface area (Å²) < 4.78 is 0. The number of carbonyl (C=O) groups excluding carboxylic acids is 1. The van der Waals surface area contributed by atoms with Crippen molar-refractivity contribution >= 4 is 29.1 Å². The molecule has 0 aromatic carbocycles. The second-order valence-electron chi connectivity index (χ2n) is 5.95. The maximum Gasteiger partial charge on any atom is 0.255 e. The highest BCUT2D eigenvalue weighted by Gasteiger charge is 2.28. The molecule has 0 N–H and O–H groups in total. The lowest BCUT2D eigenvalue weighted by Gasteiger charge is -2.42. The number of nitrogens with zero attached hydrogens (tertiary/aromatic N) is 3. The third-order valence-corrected chi connectivity index (χ3v) is 4.24. The summed E-state index contributed by atoms with van der Waals surface area (Å²) in [5.74, 6) is -0.0374. The highest BCUT2D eigenvalue weighted by molar-refractivity contribution is 6.41. The fourth-order valence-corrected chi connectivity index (χ4v) is 2.57. The smallest absolute Gasteiger partial charge is 0.255 e. The zero-order chi connectivity index (χ0) is 14.9. The van der Waals surface area contributed by atoms with E-state index in [1.165, 1.54) is 6.20 Å². The minimum atomic E-state index is -0.0374. The second-order valence-corrected chi connectivity index (χ2v) is 6.71. The zero-order valence-electron chi connectivity index (χ0n) is 12.0. The van der Waals surface area contributed by atoms with Crippen molar-refractivity contribution < 1.29 is 4.79 Å². The van der Waals surface area contributed by atoms with Gasteiger partial charge in [0.1, 0.15) is 5.15 Å². The lowest BCUT2D eigenvalue weighted by molar-refractivity contribution is 0.0451. The van der Waals surface area contributed by atoms with Crippen LogP contribution >= 0.6 is 23.2 Å². The monoisotopic (exact) mass is 315 g/mol. The molecule has 2 heterocycles. The number of rotatable bonds is 1. The average molecular weight is 316 g/mol. The molecule has 0 atom stereocenters. The van der Waals surface area contributed by atoms with Crippen molar-refractivity contribution in [2.24, 2.45) is 0 Å². The first-order chi connectivity index (χ1) is 9.29. The molecule has 0 bridgehead atoms. The van der Waals surface area contributed by atoms with E-state index in [2.05, 4.69) is 30.7 Å². The molecule has 1 aromatic rings. The van der Waals surface area contributed by atoms with Crippen LogP contribution in [0.3, 0.4) is 0 Å². The van der Waals surface area contributed by atoms with Crippen molar-refractivity contribution in [3.8, 4) is 0 Å². The van der Waals surface area contributed by atoms with Crippen LogP contribution in [0.15, 0.2) is 12.3 Å². The Morgan fingerprint density at radius 1 is 1.20 bits per heavy atom. The van der Waals surface area contributed by atoms with Crippen LogP contribution in [-0.2, 0) is 0 Å². The van der Waals surface area contributed by atoms with Gasteiger partial charge in [-0.2, -0.15) is 0 Å². The van der Waals surface area contributed by atoms with Gasteiger partial charge >= 0.3 is 0 Å². The highest BCUT2D eigenvalue weighted by atomic mass is 35.5. The predicted molar refractivity (Wildman–Crippen MR) is 81.5 cm³/mol. The van der Waals surface area contributed by atoms with E-state index in [0.29, 0.717) is 10.6 Å². The van der Waals surface area contributed by atoms with Gasteiger partial charge in [-0.1, -0.05) is 23.2 Å². The van der Waals surface area contributed by atoms with Crippen LogP contribution in [0.2, 0.25) is 10.2 Å². The number of aromatic nitrogens is 1. The summed E-state index contributed by atoms with van der Waals surface area (Å²) in [6.45, 7) is 9.76. The molecule has 1 amide bonds. The Hall–Kier alpha value is -0.840. The fourth-order valence-electron chi connectivity index (χ4n) is 2.30. The largest absolute Gasteiger partial charge is 0.336 e. The van der Waals surface area contributed by atoms with E-state index in [1.54, 1.807) is 6.07 Å². The molecule has 0 spiro atoms. The molecule has 0 radical (unpaired) electrons. The fraction of sp³-hybridized carbons (Fsp3) is 0.571. The van der Waals surface area contributed by atoms with Crippen LogP contribution < -0.4 is 0 Å². The van der Waals surface area contributed by atoms with Crippen LogP contribution in [0, 0.1) is 0 Å². The summed E-state index contributed by atoms with van der Waals surface area (Å²) in [6, 6.07) is 1.58. The maximum atomic E-state index is 12.4. The minimum absolute atomic E-state index is 0.0374. The van der Waals surface area contributed by atoms with Gasteiger partial charge in [0.05, 0.1) is 10.6 Å². The third-order valence-electron chi connectivity index (χ3n) is 3.56. The number of pyridine rings is 1. The quantitative estimate of drug-likeness (QED) is 0.748. The van der Waals surface area contributed by atoms with Gasteiger partial charge in [0.15, 0.2) is 0 Å². The Morgan fingerprint density at radius 3 is 2.30 bits per heavy atom. The molecule has 1 saturated heterocycles. The first kappa shape index (κ1) is 15.5. The normalized spacial score (nSPS) is 17.4. The summed E-state index contributed by atoms with van der Waals surface area (Å²) in [5, 5.41) is 0.534. The van der Waals surface area contributed by atoms with Gasteiger partial charge in [-0.3, -0.25) is 9.69 Å². The first-order valence-corrected chi connectivity index (χ1v) is 7.40. The maximum absolute atomic E-state index is 12.4. The lowest BCUT2D eigenvalue weighted by Crippen LogP contribution is -2.54. The van der Waals surface area contributed by atoms with Crippen molar-refractivity contribution in [3.05, 3.63) is 28.0 Å². The third kappa shape index (κ3) is 3.43. The number of hydrogen-bond donors (Lipinski definition) is 0. The number of carbonyl (C=O) groups is 1. The van der Waals surface area contributed by atoms with Gasteiger partial charge in [0.25, 0.3) is 5.91 Å². The standard InChI is InChI=1S/C14H19Cl2N3O/c1-14(2,3)19-6-4-18(5-7-19)13(20)10-8-11(15)12(16)17-9-10/h8-9H,4-7H2,1-3H3. The SMILES string of the molecule is CC(C)(C)N1CCN(C(=O)c2cnc(Cl)c(Cl)c2)CC1. The molecule has 110 valence electrons. The molecule has 1 aliphatic heterocycles. The summed E-state index contributed by atoms with van der Waals surface area (Å²) in [7, 11) is 0. The molecule has 6 heteroatoms. The summed E-state index contributed by atoms with van der Waals surface area (Å²) in [4.78, 5) is 20.5. The first-order valence-electron chi connectivity index (χ1n) is 6.64. The van der Waals surface area contributed by atoms with Gasteiger partial charge in [-0.05, 0) is 26.8 Å². The Morgan fingerprint density at radius 2 is 1.80 bits per heavy atom. The van der Waals surface area contributed by atoms with Crippen LogP contribution in [-0.4, -0.2) is 52.4 Å². The van der Waals surface area contributed by atoms with E-state index in [0.717, 1.165) is 26.2 Å². The van der Waals surface area contributed by atoms with Crippen molar-refractivity contribution in [1.82, 2.24) is 14.8 Å². The Balaban J connectivity index is 2.03. The average Bonchev–Trinajstić information content (AvgIpc) is 2.40. The summed E-state index contributed by atoms with van der Waals surface area (Å²) in [5.41, 5.74) is 0.629. The van der Waals surface area contributed by atoms with Gasteiger partial charge in [-0.25, -0.2) is 4.98 Å². The van der Waals surface area contributed by atoms with Gasteiger partial charge < -0.3 is 4.90 Å². The minimum Gasteiger partial charge on any atom is -0.336 e. The van der Waals surface area contributed by atoms with Crippen molar-refractivity contribution in [2.45, 2.75) is 26.3 Å². The number of halogens is 2. The molecule has 1 aromatic heterocycles. The van der Waals surface area contributed by atoms with Crippen molar-refractivity contribution in [2.75, 3.05) is 26.2 Å². The molecule has 20 heavy (non-hydrogen) atoms. The Bertz CT molecular complexity index is 506. The van der Waals surface area contributed by atoms with Gasteiger partial charge in [0.2, 0.25) is 0 Å². The zero-order valence-corrected chi connectivity index (χ0v) is 13.5. The molecule has 2 rings (SSSR count). The van der Waals surface area contributed by atoms with E-state index in [9.17, 15) is 4.79 Å². The molecule has 1 fully saturated rings. The molecular formula is C14H19Cl2N3O. The highest BCUT2D eigenvalue weighted by Crippen LogP contribution is 2.21. The van der Waals surface area contributed by atoms with E-state index in [4.69, 9.17) is 23.2 Å². The molecule has 0 saturated carbocycles. The van der Waals surface area contributed by atoms with Crippen molar-refractivity contribution in [1.29, 1.82) is 0 Å². The summed E-state index contributed by atoms with van der Waals surface area (Å²) >= 11 is 11.7. The van der Waals surface area contributed by atoms with Crippen LogP contribution in [0.5, 0.6) is 0 Å². The number of hydrogen-bond acceptors (Lipinski definition) is 3. The Kier molecular flexibility index (Phi) is 4.57. The molecule has 0 unspecified atom stereocenters. The van der Waals surface area contributed by atoms with Crippen LogP contribution in [0.1, 0.15) is 31.1 Å². The number of piperazine rings is 1. The van der Waals surface area contributed by atoms with Gasteiger partial charge in [-0.15, -0.1) is 0 Å². The molecular weight excluding hydrogens is 297 g/mol. The lowest BCUT2D eigenvalue weighted by atomic mass is 10.0. The number of amides is 1. The van der Waals surface area contributed by atoms with E-state index in [-0.39, 0.29) is 16.6 Å². The van der Waals surface area contributed by atoms with Crippen LogP contribution in [0.25, 0.3) is 0 Å². The van der Waals surface area contributed by atoms with E-state index >= 15 is 0 Å². The Labute approximate surface area is 129 Å². The van der Waals surface area contributed by atoms with E-state index in [1.807, 2.05) is 4.90 Å². The molecule has 4 nitrogen and oxygen atoms in total. The second kappa shape index (κ2) is 5.88. The van der Waals surface area contributed by atoms with Crippen LogP contribution in [0.4, 0.5) is 0 Å². The topological polar surface area (TPSA) is 36.4 Å². The molecule has 1 aliphatic rings. The summed E-state index contributed by atoms with van der Waals surface area (Å²) in [6.07, 6.45) is 1.48. The van der Waals surface area contributed by atoms with E-state index < -0.39 is 0 Å². The van der Waals surface area contributed by atoms with Crippen molar-refractivity contribution in [3.63, 3.8) is 0 Å². The van der Waals surface area contributed by atoms with Gasteiger partial charge in [0, 0.05) is 37.9 Å². The predicted octanol–water partition coefficient (Wildman–Crippen LogP) is 2.94.